The van der Waals surface area contributed by atoms with Gasteiger partial charge in [0.1, 0.15) is 5.25 Å². The first-order chi connectivity index (χ1) is 14.5. The van der Waals surface area contributed by atoms with E-state index < -0.39 is 5.25 Å². The van der Waals surface area contributed by atoms with Crippen LogP contribution >= 0.6 is 11.8 Å². The molecule has 0 unspecified atom stereocenters. The van der Waals surface area contributed by atoms with Crippen LogP contribution in [0.1, 0.15) is 19.4 Å². The molecule has 1 atom stereocenters. The van der Waals surface area contributed by atoms with E-state index in [0.717, 1.165) is 16.8 Å². The largest absolute Gasteiger partial charge is 0.493 e. The molecule has 2 aromatic carbocycles. The third kappa shape index (κ3) is 4.59. The number of carbonyl (C=O) groups is 1. The molecular weight excluding hydrogens is 402 g/mol. The fourth-order valence-corrected chi connectivity index (χ4v) is 3.84. The van der Waals surface area contributed by atoms with Crippen molar-refractivity contribution in [2.75, 3.05) is 20.8 Å². The number of thioether (sulfide) groups is 1. The lowest BCUT2D eigenvalue weighted by Gasteiger charge is -2.14. The molecule has 0 saturated carbocycles. The predicted octanol–water partition coefficient (Wildman–Crippen LogP) is 4.30. The predicted molar refractivity (Wildman–Crippen MR) is 117 cm³/mol. The van der Waals surface area contributed by atoms with Crippen molar-refractivity contribution in [3.05, 3.63) is 48.0 Å². The van der Waals surface area contributed by atoms with Gasteiger partial charge in [0.25, 0.3) is 0 Å². The fraction of sp³-hybridized carbons (Fsp3) is 0.318. The summed E-state index contributed by atoms with van der Waals surface area (Å²) in [5.74, 6) is 1.59. The number of carbonyl (C=O) groups excluding carboxylic acids is 1. The summed E-state index contributed by atoms with van der Waals surface area (Å²) in [7, 11) is 3.19. The Morgan fingerprint density at radius 1 is 1.10 bits per heavy atom. The topological polar surface area (TPSA) is 75.5 Å². The molecule has 30 heavy (non-hydrogen) atoms. The summed E-state index contributed by atoms with van der Waals surface area (Å²) in [6.45, 7) is 5.96. The molecule has 7 nitrogen and oxygen atoms in total. The van der Waals surface area contributed by atoms with Gasteiger partial charge in [-0.05, 0) is 56.7 Å². The van der Waals surface area contributed by atoms with Gasteiger partial charge in [-0.3, -0.25) is 9.36 Å². The molecule has 0 aliphatic rings. The standard InChI is InChI=1S/C22H25N3O4S/c1-6-29-21(26)15(3)30-22-24-23-20(25(22)17-9-7-8-14(2)12-17)16-10-11-18(27-4)19(13-16)28-5/h7-13,15H,6H2,1-5H3/t15-/m1/s1. The zero-order valence-corrected chi connectivity index (χ0v) is 18.5. The first-order valence-electron chi connectivity index (χ1n) is 9.56. The van der Waals surface area contributed by atoms with E-state index in [4.69, 9.17) is 14.2 Å². The lowest BCUT2D eigenvalue weighted by Crippen LogP contribution is -2.17. The maximum Gasteiger partial charge on any atom is 0.319 e. The SMILES string of the molecule is CCOC(=O)[C@@H](C)Sc1nnc(-c2ccc(OC)c(OC)c2)n1-c1cccc(C)c1. The van der Waals surface area contributed by atoms with Gasteiger partial charge in [-0.2, -0.15) is 0 Å². The van der Waals surface area contributed by atoms with E-state index in [1.165, 1.54) is 11.8 Å². The minimum Gasteiger partial charge on any atom is -0.493 e. The molecule has 1 heterocycles. The van der Waals surface area contributed by atoms with Gasteiger partial charge >= 0.3 is 5.97 Å². The molecule has 0 N–H and O–H groups in total. The van der Waals surface area contributed by atoms with Gasteiger partial charge in [0.15, 0.2) is 22.5 Å². The molecule has 158 valence electrons. The molecule has 1 aromatic heterocycles. The lowest BCUT2D eigenvalue weighted by molar-refractivity contribution is -0.142. The van der Waals surface area contributed by atoms with Gasteiger partial charge in [0, 0.05) is 11.3 Å². The minimum atomic E-state index is -0.420. The van der Waals surface area contributed by atoms with E-state index in [1.807, 2.05) is 54.0 Å². The van der Waals surface area contributed by atoms with Crippen LogP contribution in [0.2, 0.25) is 0 Å². The van der Waals surface area contributed by atoms with Crippen LogP contribution in [-0.2, 0) is 9.53 Å². The van der Waals surface area contributed by atoms with E-state index >= 15 is 0 Å². The number of rotatable bonds is 8. The summed E-state index contributed by atoms with van der Waals surface area (Å²) in [4.78, 5) is 12.1. The minimum absolute atomic E-state index is 0.283. The second-order valence-electron chi connectivity index (χ2n) is 6.56. The Kier molecular flexibility index (Phi) is 6.99. The summed E-state index contributed by atoms with van der Waals surface area (Å²) in [5.41, 5.74) is 2.83. The lowest BCUT2D eigenvalue weighted by atomic mass is 10.1. The summed E-state index contributed by atoms with van der Waals surface area (Å²) in [6, 6.07) is 13.6. The number of nitrogens with zero attached hydrogens (tertiary/aromatic N) is 3. The number of esters is 1. The number of ether oxygens (including phenoxy) is 3. The number of hydrogen-bond acceptors (Lipinski definition) is 7. The Bertz CT molecular complexity index is 1030. The van der Waals surface area contributed by atoms with Gasteiger partial charge in [-0.15, -0.1) is 10.2 Å². The van der Waals surface area contributed by atoms with Crippen LogP contribution in [0.25, 0.3) is 17.1 Å². The van der Waals surface area contributed by atoms with Gasteiger partial charge < -0.3 is 14.2 Å². The van der Waals surface area contributed by atoms with E-state index in [-0.39, 0.29) is 5.97 Å². The highest BCUT2D eigenvalue weighted by Gasteiger charge is 2.23. The van der Waals surface area contributed by atoms with Crippen molar-refractivity contribution < 1.29 is 19.0 Å². The monoisotopic (exact) mass is 427 g/mol. The summed E-state index contributed by atoms with van der Waals surface area (Å²) >= 11 is 1.31. The van der Waals surface area contributed by atoms with E-state index in [1.54, 1.807) is 28.1 Å². The number of methoxy groups -OCH3 is 2. The van der Waals surface area contributed by atoms with Crippen LogP contribution in [-0.4, -0.2) is 46.8 Å². The Morgan fingerprint density at radius 2 is 1.87 bits per heavy atom. The molecule has 3 rings (SSSR count). The average Bonchev–Trinajstić information content (AvgIpc) is 3.16. The zero-order valence-electron chi connectivity index (χ0n) is 17.7. The van der Waals surface area contributed by atoms with Crippen molar-refractivity contribution in [1.82, 2.24) is 14.8 Å². The second-order valence-corrected chi connectivity index (χ2v) is 7.87. The van der Waals surface area contributed by atoms with E-state index in [2.05, 4.69) is 10.2 Å². The van der Waals surface area contributed by atoms with Crippen molar-refractivity contribution in [3.63, 3.8) is 0 Å². The Labute approximate surface area is 180 Å². The molecule has 0 spiro atoms. The fourth-order valence-electron chi connectivity index (χ4n) is 2.97. The molecule has 0 aliphatic heterocycles. The summed E-state index contributed by atoms with van der Waals surface area (Å²) in [5, 5.41) is 8.98. The molecule has 0 bridgehead atoms. The number of hydrogen-bond donors (Lipinski definition) is 0. The smallest absolute Gasteiger partial charge is 0.319 e. The maximum absolute atomic E-state index is 12.1. The maximum atomic E-state index is 12.1. The van der Waals surface area contributed by atoms with Crippen LogP contribution in [0.4, 0.5) is 0 Å². The molecule has 0 fully saturated rings. The highest BCUT2D eigenvalue weighted by atomic mass is 32.2. The van der Waals surface area contributed by atoms with Gasteiger partial charge in [0.05, 0.1) is 20.8 Å². The van der Waals surface area contributed by atoms with Crippen LogP contribution in [0.5, 0.6) is 11.5 Å². The van der Waals surface area contributed by atoms with Gasteiger partial charge in [-0.25, -0.2) is 0 Å². The van der Waals surface area contributed by atoms with Gasteiger partial charge in [-0.1, -0.05) is 23.9 Å². The highest BCUT2D eigenvalue weighted by molar-refractivity contribution is 8.00. The van der Waals surface area contributed by atoms with Gasteiger partial charge in [0.2, 0.25) is 0 Å². The average molecular weight is 428 g/mol. The molecule has 3 aromatic rings. The first kappa shape index (κ1) is 21.7. The highest BCUT2D eigenvalue weighted by Crippen LogP contribution is 2.35. The Balaban J connectivity index is 2.10. The molecule has 0 saturated heterocycles. The third-order valence-corrected chi connectivity index (χ3v) is 5.46. The molecule has 0 aliphatic carbocycles. The van der Waals surface area contributed by atoms with Crippen LogP contribution in [0.3, 0.4) is 0 Å². The summed E-state index contributed by atoms with van der Waals surface area (Å²) in [6.07, 6.45) is 0. The first-order valence-corrected chi connectivity index (χ1v) is 10.4. The van der Waals surface area contributed by atoms with Crippen molar-refractivity contribution in [3.8, 4) is 28.6 Å². The van der Waals surface area contributed by atoms with Crippen LogP contribution in [0, 0.1) is 6.92 Å². The molecule has 8 heteroatoms. The zero-order chi connectivity index (χ0) is 21.7. The van der Waals surface area contributed by atoms with Crippen molar-refractivity contribution in [1.29, 1.82) is 0 Å². The number of aromatic nitrogens is 3. The quantitative estimate of drug-likeness (QED) is 0.392. The van der Waals surface area contributed by atoms with Crippen LogP contribution in [0.15, 0.2) is 47.6 Å². The normalized spacial score (nSPS) is 11.8. The van der Waals surface area contributed by atoms with Crippen molar-refractivity contribution >= 4 is 17.7 Å². The van der Waals surface area contributed by atoms with Crippen molar-refractivity contribution in [2.24, 2.45) is 0 Å². The number of aryl methyl sites for hydroxylation is 1. The van der Waals surface area contributed by atoms with Crippen LogP contribution < -0.4 is 9.47 Å². The third-order valence-electron chi connectivity index (χ3n) is 4.44. The Morgan fingerprint density at radius 3 is 2.53 bits per heavy atom. The summed E-state index contributed by atoms with van der Waals surface area (Å²) < 4.78 is 17.9. The van der Waals surface area contributed by atoms with Crippen molar-refractivity contribution in [2.45, 2.75) is 31.2 Å². The number of benzene rings is 2. The molecule has 0 amide bonds. The second kappa shape index (κ2) is 9.67. The van der Waals surface area contributed by atoms with E-state index in [0.29, 0.717) is 29.1 Å². The molecular formula is C22H25N3O4S. The van der Waals surface area contributed by atoms with E-state index in [9.17, 15) is 4.79 Å². The molecule has 0 radical (unpaired) electrons. The Hall–Kier alpha value is -3.00.